The molecule has 0 saturated carbocycles. The van der Waals surface area contributed by atoms with Crippen molar-refractivity contribution >= 4 is 21.8 Å². The SMILES string of the molecule is O=C(NC1CCc2cc(Br)ccc2C1)C1CCNCC1. The molecule has 1 aliphatic heterocycles. The number of halogens is 1. The van der Waals surface area contributed by atoms with E-state index in [4.69, 9.17) is 0 Å². The lowest BCUT2D eigenvalue weighted by Gasteiger charge is -2.29. The third-order valence-electron chi connectivity index (χ3n) is 4.45. The number of fused-ring (bicyclic) bond motifs is 1. The van der Waals surface area contributed by atoms with Gasteiger partial charge < -0.3 is 10.6 Å². The first-order valence-electron chi connectivity index (χ1n) is 7.51. The van der Waals surface area contributed by atoms with E-state index in [1.807, 2.05) is 0 Å². The summed E-state index contributed by atoms with van der Waals surface area (Å²) in [6.45, 7) is 1.94. The maximum Gasteiger partial charge on any atom is 0.223 e. The van der Waals surface area contributed by atoms with Crippen LogP contribution in [0.2, 0.25) is 0 Å². The van der Waals surface area contributed by atoms with Crippen molar-refractivity contribution in [2.75, 3.05) is 13.1 Å². The van der Waals surface area contributed by atoms with Gasteiger partial charge >= 0.3 is 0 Å². The monoisotopic (exact) mass is 336 g/mol. The van der Waals surface area contributed by atoms with Gasteiger partial charge in [0.25, 0.3) is 0 Å². The van der Waals surface area contributed by atoms with E-state index in [9.17, 15) is 4.79 Å². The normalized spacial score (nSPS) is 23.1. The molecule has 0 bridgehead atoms. The van der Waals surface area contributed by atoms with Gasteiger partial charge in [0.2, 0.25) is 5.91 Å². The van der Waals surface area contributed by atoms with Crippen molar-refractivity contribution in [2.45, 2.75) is 38.1 Å². The number of aryl methyl sites for hydroxylation is 1. The molecule has 1 aromatic rings. The van der Waals surface area contributed by atoms with Gasteiger partial charge in [-0.2, -0.15) is 0 Å². The summed E-state index contributed by atoms with van der Waals surface area (Å²) in [5.74, 6) is 0.472. The van der Waals surface area contributed by atoms with Crippen molar-refractivity contribution in [3.8, 4) is 0 Å². The average molecular weight is 337 g/mol. The second-order valence-electron chi connectivity index (χ2n) is 5.89. The summed E-state index contributed by atoms with van der Waals surface area (Å²) in [5.41, 5.74) is 2.81. The van der Waals surface area contributed by atoms with Crippen LogP contribution in [0.15, 0.2) is 22.7 Å². The molecule has 1 saturated heterocycles. The number of hydrogen-bond donors (Lipinski definition) is 2. The molecular weight excluding hydrogens is 316 g/mol. The first-order chi connectivity index (χ1) is 9.72. The summed E-state index contributed by atoms with van der Waals surface area (Å²) in [4.78, 5) is 12.3. The number of hydrogen-bond acceptors (Lipinski definition) is 2. The number of carbonyl (C=O) groups is 1. The molecule has 1 amide bonds. The Balaban J connectivity index is 1.59. The van der Waals surface area contributed by atoms with Gasteiger partial charge in [0.1, 0.15) is 0 Å². The van der Waals surface area contributed by atoms with Gasteiger partial charge in [-0.25, -0.2) is 0 Å². The summed E-state index contributed by atoms with van der Waals surface area (Å²) < 4.78 is 1.15. The predicted octanol–water partition coefficient (Wildman–Crippen LogP) is 2.42. The minimum atomic E-state index is 0.211. The lowest BCUT2D eigenvalue weighted by molar-refractivity contribution is -0.126. The Morgan fingerprint density at radius 3 is 2.80 bits per heavy atom. The topological polar surface area (TPSA) is 41.1 Å². The summed E-state index contributed by atoms with van der Waals surface area (Å²) in [6, 6.07) is 6.80. The molecule has 1 heterocycles. The molecule has 1 unspecified atom stereocenters. The summed E-state index contributed by atoms with van der Waals surface area (Å²) in [6.07, 6.45) is 5.04. The number of amides is 1. The van der Waals surface area contributed by atoms with Gasteiger partial charge in [0.15, 0.2) is 0 Å². The summed E-state index contributed by atoms with van der Waals surface area (Å²) in [5, 5.41) is 6.57. The Labute approximate surface area is 128 Å². The van der Waals surface area contributed by atoms with Crippen LogP contribution in [-0.4, -0.2) is 25.0 Å². The molecule has 0 radical (unpaired) electrons. The molecule has 0 spiro atoms. The van der Waals surface area contributed by atoms with Crippen LogP contribution in [0.4, 0.5) is 0 Å². The first kappa shape index (κ1) is 14.1. The molecule has 108 valence electrons. The molecule has 2 aliphatic rings. The van der Waals surface area contributed by atoms with Gasteiger partial charge in [-0.05, 0) is 68.5 Å². The Kier molecular flexibility index (Phi) is 4.41. The second kappa shape index (κ2) is 6.27. The van der Waals surface area contributed by atoms with Gasteiger partial charge in [-0.3, -0.25) is 4.79 Å². The van der Waals surface area contributed by atoms with E-state index in [1.165, 1.54) is 11.1 Å². The van der Waals surface area contributed by atoms with E-state index in [-0.39, 0.29) is 11.8 Å². The van der Waals surface area contributed by atoms with Crippen molar-refractivity contribution in [1.29, 1.82) is 0 Å². The van der Waals surface area contributed by atoms with E-state index in [0.717, 1.165) is 49.7 Å². The van der Waals surface area contributed by atoms with Gasteiger partial charge in [-0.15, -0.1) is 0 Å². The highest BCUT2D eigenvalue weighted by Crippen LogP contribution is 2.25. The lowest BCUT2D eigenvalue weighted by atomic mass is 9.87. The second-order valence-corrected chi connectivity index (χ2v) is 6.80. The number of rotatable bonds is 2. The van der Waals surface area contributed by atoms with Crippen molar-refractivity contribution < 1.29 is 4.79 Å². The van der Waals surface area contributed by atoms with E-state index in [0.29, 0.717) is 6.04 Å². The van der Waals surface area contributed by atoms with Crippen LogP contribution in [0.1, 0.15) is 30.4 Å². The third-order valence-corrected chi connectivity index (χ3v) is 4.95. The third kappa shape index (κ3) is 3.23. The minimum Gasteiger partial charge on any atom is -0.353 e. The van der Waals surface area contributed by atoms with Crippen LogP contribution in [0.5, 0.6) is 0 Å². The van der Waals surface area contributed by atoms with Crippen LogP contribution in [0.3, 0.4) is 0 Å². The Morgan fingerprint density at radius 1 is 1.20 bits per heavy atom. The zero-order valence-electron chi connectivity index (χ0n) is 11.6. The zero-order chi connectivity index (χ0) is 13.9. The number of piperidine rings is 1. The van der Waals surface area contributed by atoms with Crippen LogP contribution in [0.25, 0.3) is 0 Å². The van der Waals surface area contributed by atoms with E-state index in [2.05, 4.69) is 44.8 Å². The predicted molar refractivity (Wildman–Crippen MR) is 83.7 cm³/mol. The molecular formula is C16H21BrN2O. The maximum atomic E-state index is 12.3. The molecule has 3 nitrogen and oxygen atoms in total. The van der Waals surface area contributed by atoms with Gasteiger partial charge in [0.05, 0.1) is 0 Å². The Morgan fingerprint density at radius 2 is 2.00 bits per heavy atom. The fourth-order valence-electron chi connectivity index (χ4n) is 3.25. The molecule has 4 heteroatoms. The zero-order valence-corrected chi connectivity index (χ0v) is 13.2. The van der Waals surface area contributed by atoms with Gasteiger partial charge in [0, 0.05) is 16.4 Å². The standard InChI is InChI=1S/C16H21BrN2O/c17-14-3-1-13-10-15(4-2-12(13)9-14)19-16(20)11-5-7-18-8-6-11/h1,3,9,11,15,18H,2,4-8,10H2,(H,19,20). The molecule has 1 aliphatic carbocycles. The number of nitrogens with one attached hydrogen (secondary N) is 2. The van der Waals surface area contributed by atoms with E-state index in [1.54, 1.807) is 0 Å². The Hall–Kier alpha value is -0.870. The fraction of sp³-hybridized carbons (Fsp3) is 0.562. The number of benzene rings is 1. The highest BCUT2D eigenvalue weighted by atomic mass is 79.9. The maximum absolute atomic E-state index is 12.3. The number of carbonyl (C=O) groups excluding carboxylic acids is 1. The van der Waals surface area contributed by atoms with E-state index >= 15 is 0 Å². The summed E-state index contributed by atoms with van der Waals surface area (Å²) >= 11 is 3.52. The molecule has 1 atom stereocenters. The van der Waals surface area contributed by atoms with Crippen molar-refractivity contribution in [3.05, 3.63) is 33.8 Å². The van der Waals surface area contributed by atoms with Crippen LogP contribution >= 0.6 is 15.9 Å². The van der Waals surface area contributed by atoms with Crippen molar-refractivity contribution in [2.24, 2.45) is 5.92 Å². The minimum absolute atomic E-state index is 0.211. The highest BCUT2D eigenvalue weighted by Gasteiger charge is 2.25. The molecule has 2 N–H and O–H groups in total. The van der Waals surface area contributed by atoms with Crippen LogP contribution < -0.4 is 10.6 Å². The highest BCUT2D eigenvalue weighted by molar-refractivity contribution is 9.10. The summed E-state index contributed by atoms with van der Waals surface area (Å²) in [7, 11) is 0. The van der Waals surface area contributed by atoms with Crippen LogP contribution in [0, 0.1) is 5.92 Å². The molecule has 20 heavy (non-hydrogen) atoms. The molecule has 0 aromatic heterocycles. The molecule has 1 fully saturated rings. The first-order valence-corrected chi connectivity index (χ1v) is 8.30. The smallest absolute Gasteiger partial charge is 0.223 e. The molecule has 1 aromatic carbocycles. The van der Waals surface area contributed by atoms with E-state index < -0.39 is 0 Å². The molecule has 3 rings (SSSR count). The fourth-order valence-corrected chi connectivity index (χ4v) is 3.66. The van der Waals surface area contributed by atoms with Gasteiger partial charge in [-0.1, -0.05) is 22.0 Å². The Bertz CT molecular complexity index is 497. The largest absolute Gasteiger partial charge is 0.353 e. The average Bonchev–Trinajstić information content (AvgIpc) is 2.48. The lowest BCUT2D eigenvalue weighted by Crippen LogP contribution is -2.44. The van der Waals surface area contributed by atoms with Crippen molar-refractivity contribution in [1.82, 2.24) is 10.6 Å². The quantitative estimate of drug-likeness (QED) is 0.870. The van der Waals surface area contributed by atoms with Crippen molar-refractivity contribution in [3.63, 3.8) is 0 Å². The van der Waals surface area contributed by atoms with Crippen LogP contribution in [-0.2, 0) is 17.6 Å².